The highest BCUT2D eigenvalue weighted by atomic mass is 16.7. The average molecular weight is 472 g/mol. The van der Waals surface area contributed by atoms with Crippen LogP contribution in [0.4, 0.5) is 10.5 Å². The predicted octanol–water partition coefficient (Wildman–Crippen LogP) is 2.50. The largest absolute Gasteiger partial charge is 0.513 e. The molecule has 0 aromatic heterocycles. The molecule has 14 heteroatoms. The second kappa shape index (κ2) is 19.7. The van der Waals surface area contributed by atoms with Gasteiger partial charge in [0.2, 0.25) is 0 Å². The number of rotatable bonds is 20. The molecule has 14 nitrogen and oxygen atoms in total. The number of nitro benzene ring substituents is 1. The Morgan fingerprint density at radius 1 is 0.818 bits per heavy atom. The zero-order valence-corrected chi connectivity index (χ0v) is 18.2. The lowest BCUT2D eigenvalue weighted by Crippen LogP contribution is -2.16. The number of nitrogens with zero attached hydrogens (tertiary/aromatic N) is 4. The molecule has 0 saturated carbocycles. The molecule has 0 atom stereocenters. The van der Waals surface area contributed by atoms with E-state index in [9.17, 15) is 14.9 Å². The van der Waals surface area contributed by atoms with Gasteiger partial charge >= 0.3 is 6.16 Å². The Hall–Kier alpha value is -3.00. The Morgan fingerprint density at radius 2 is 1.27 bits per heavy atom. The van der Waals surface area contributed by atoms with Crippen LogP contribution in [0.3, 0.4) is 0 Å². The SMILES string of the molecule is [N-]=[N+]=NCCOCCOCCOCCOCCOCCOC(=O)Oc1ccc([N+](=O)[O-])cc1. The Morgan fingerprint density at radius 3 is 1.73 bits per heavy atom. The number of benzene rings is 1. The van der Waals surface area contributed by atoms with E-state index in [1.807, 2.05) is 0 Å². The topological polar surface area (TPSA) is 174 Å². The van der Waals surface area contributed by atoms with Gasteiger partial charge in [0.25, 0.3) is 5.69 Å². The van der Waals surface area contributed by atoms with Crippen molar-refractivity contribution in [2.45, 2.75) is 0 Å². The molecule has 0 aliphatic carbocycles. The van der Waals surface area contributed by atoms with Gasteiger partial charge in [-0.05, 0) is 17.7 Å². The molecule has 0 heterocycles. The first-order valence-corrected chi connectivity index (χ1v) is 10.1. The minimum atomic E-state index is -0.928. The molecule has 0 radical (unpaired) electrons. The first kappa shape index (κ1) is 28.0. The zero-order chi connectivity index (χ0) is 24.0. The number of hydrogen-bond donors (Lipinski definition) is 0. The summed E-state index contributed by atoms with van der Waals surface area (Å²) in [5.41, 5.74) is 7.98. The summed E-state index contributed by atoms with van der Waals surface area (Å²) in [7, 11) is 0. The summed E-state index contributed by atoms with van der Waals surface area (Å²) in [6.45, 7) is 4.09. The predicted molar refractivity (Wildman–Crippen MR) is 113 cm³/mol. The highest BCUT2D eigenvalue weighted by Crippen LogP contribution is 2.17. The third-order valence-electron chi connectivity index (χ3n) is 3.58. The van der Waals surface area contributed by atoms with E-state index in [4.69, 9.17) is 38.7 Å². The molecule has 33 heavy (non-hydrogen) atoms. The van der Waals surface area contributed by atoms with Crippen molar-refractivity contribution in [3.8, 4) is 5.75 Å². The van der Waals surface area contributed by atoms with E-state index in [2.05, 4.69) is 10.0 Å². The molecule has 0 aliphatic rings. The standard InChI is InChI=1S/C19H28N4O10/c20-22-21-5-6-27-7-8-28-9-10-29-11-12-30-13-14-31-15-16-32-19(24)33-18-3-1-17(2-4-18)23(25)26/h1-4H,5-16H2. The van der Waals surface area contributed by atoms with Crippen molar-refractivity contribution in [2.24, 2.45) is 5.11 Å². The first-order valence-electron chi connectivity index (χ1n) is 10.1. The maximum atomic E-state index is 11.5. The maximum Gasteiger partial charge on any atom is 0.513 e. The summed E-state index contributed by atoms with van der Waals surface area (Å²) < 4.78 is 36.1. The minimum Gasteiger partial charge on any atom is -0.432 e. The molecule has 1 rings (SSSR count). The van der Waals surface area contributed by atoms with Crippen molar-refractivity contribution in [2.75, 3.05) is 79.2 Å². The van der Waals surface area contributed by atoms with E-state index in [0.717, 1.165) is 0 Å². The lowest BCUT2D eigenvalue weighted by molar-refractivity contribution is -0.384. The number of nitro groups is 1. The molecule has 1 aromatic carbocycles. The fourth-order valence-electron chi connectivity index (χ4n) is 2.08. The quantitative estimate of drug-likeness (QED) is 0.0401. The summed E-state index contributed by atoms with van der Waals surface area (Å²) in [6.07, 6.45) is -0.928. The number of ether oxygens (including phenoxy) is 7. The van der Waals surface area contributed by atoms with Gasteiger partial charge in [-0.3, -0.25) is 10.1 Å². The number of azide groups is 1. The van der Waals surface area contributed by atoms with Gasteiger partial charge in [0.1, 0.15) is 12.4 Å². The number of carbonyl (C=O) groups is 1. The van der Waals surface area contributed by atoms with Crippen molar-refractivity contribution in [3.05, 3.63) is 44.8 Å². The van der Waals surface area contributed by atoms with Gasteiger partial charge in [-0.25, -0.2) is 4.79 Å². The molecule has 0 aliphatic heterocycles. The molecule has 0 saturated heterocycles. The molecule has 0 unspecified atom stereocenters. The van der Waals surface area contributed by atoms with Gasteiger partial charge in [0.15, 0.2) is 0 Å². The van der Waals surface area contributed by atoms with E-state index in [1.165, 1.54) is 24.3 Å². The number of non-ortho nitro benzene ring substituents is 1. The van der Waals surface area contributed by atoms with E-state index < -0.39 is 11.1 Å². The van der Waals surface area contributed by atoms with Crippen LogP contribution < -0.4 is 4.74 Å². The van der Waals surface area contributed by atoms with Crippen molar-refractivity contribution >= 4 is 11.8 Å². The molecule has 184 valence electrons. The molecule has 1 aromatic rings. The van der Waals surface area contributed by atoms with Crippen LogP contribution in [0.1, 0.15) is 0 Å². The highest BCUT2D eigenvalue weighted by Gasteiger charge is 2.09. The molecular formula is C19H28N4O10. The Labute approximate surface area is 190 Å². The monoisotopic (exact) mass is 472 g/mol. The second-order valence-corrected chi connectivity index (χ2v) is 5.97. The summed E-state index contributed by atoms with van der Waals surface area (Å²) in [6, 6.07) is 5.05. The smallest absolute Gasteiger partial charge is 0.432 e. The van der Waals surface area contributed by atoms with E-state index in [1.54, 1.807) is 0 Å². The Kier molecular flexibility index (Phi) is 16.7. The molecule has 0 amide bonds. The van der Waals surface area contributed by atoms with Gasteiger partial charge in [-0.2, -0.15) is 0 Å². The van der Waals surface area contributed by atoms with Crippen molar-refractivity contribution in [1.82, 2.24) is 0 Å². The van der Waals surface area contributed by atoms with Crippen LogP contribution in [0.15, 0.2) is 29.4 Å². The number of hydrogen-bond acceptors (Lipinski definition) is 11. The van der Waals surface area contributed by atoms with Gasteiger partial charge in [-0.15, -0.1) is 0 Å². The lowest BCUT2D eigenvalue weighted by Gasteiger charge is -2.08. The van der Waals surface area contributed by atoms with E-state index in [0.29, 0.717) is 66.0 Å². The minimum absolute atomic E-state index is 0.00618. The second-order valence-electron chi connectivity index (χ2n) is 5.97. The van der Waals surface area contributed by atoms with Crippen LogP contribution in [-0.2, 0) is 28.4 Å². The average Bonchev–Trinajstić information content (AvgIpc) is 2.81. The van der Waals surface area contributed by atoms with Crippen LogP contribution in [0.5, 0.6) is 5.75 Å². The van der Waals surface area contributed by atoms with Gasteiger partial charge in [0, 0.05) is 23.6 Å². The highest BCUT2D eigenvalue weighted by molar-refractivity contribution is 5.63. The van der Waals surface area contributed by atoms with E-state index >= 15 is 0 Å². The lowest BCUT2D eigenvalue weighted by atomic mass is 10.3. The van der Waals surface area contributed by atoms with Crippen LogP contribution in [0.2, 0.25) is 0 Å². The maximum absolute atomic E-state index is 11.5. The molecular weight excluding hydrogens is 444 g/mol. The van der Waals surface area contributed by atoms with Crippen molar-refractivity contribution < 1.29 is 42.9 Å². The summed E-state index contributed by atoms with van der Waals surface area (Å²) >= 11 is 0. The van der Waals surface area contributed by atoms with E-state index in [-0.39, 0.29) is 24.7 Å². The van der Waals surface area contributed by atoms with Crippen LogP contribution in [0.25, 0.3) is 10.4 Å². The van der Waals surface area contributed by atoms with Gasteiger partial charge in [-0.1, -0.05) is 5.11 Å². The Balaban J connectivity index is 1.82. The molecule has 0 N–H and O–H groups in total. The molecule has 0 bridgehead atoms. The fraction of sp³-hybridized carbons (Fsp3) is 0.632. The summed E-state index contributed by atoms with van der Waals surface area (Å²) in [5.74, 6) is 0.140. The fourth-order valence-corrected chi connectivity index (χ4v) is 2.08. The normalized spacial score (nSPS) is 10.4. The summed E-state index contributed by atoms with van der Waals surface area (Å²) in [5, 5.41) is 13.9. The zero-order valence-electron chi connectivity index (χ0n) is 18.2. The van der Waals surface area contributed by atoms with Gasteiger partial charge in [0.05, 0.1) is 71.0 Å². The first-order chi connectivity index (χ1) is 16.1. The molecule has 0 fully saturated rings. The number of carbonyl (C=O) groups excluding carboxylic acids is 1. The summed E-state index contributed by atoms with van der Waals surface area (Å²) in [4.78, 5) is 24.1. The van der Waals surface area contributed by atoms with Crippen molar-refractivity contribution in [3.63, 3.8) is 0 Å². The molecule has 0 spiro atoms. The third-order valence-corrected chi connectivity index (χ3v) is 3.58. The van der Waals surface area contributed by atoms with Crippen molar-refractivity contribution in [1.29, 1.82) is 0 Å². The Bertz CT molecular complexity index is 713. The van der Waals surface area contributed by atoms with Gasteiger partial charge < -0.3 is 33.2 Å². The third kappa shape index (κ3) is 16.3. The van der Waals surface area contributed by atoms with Crippen LogP contribution in [-0.4, -0.2) is 90.3 Å². The van der Waals surface area contributed by atoms with Crippen LogP contribution in [0, 0.1) is 10.1 Å². The van der Waals surface area contributed by atoms with Crippen LogP contribution >= 0.6 is 0 Å².